The van der Waals surface area contributed by atoms with Gasteiger partial charge in [-0.25, -0.2) is 0 Å². The van der Waals surface area contributed by atoms with Gasteiger partial charge in [-0.3, -0.25) is 0 Å². The molecule has 0 bridgehead atoms. The lowest BCUT2D eigenvalue weighted by Crippen LogP contribution is -2.22. The molecule has 0 aliphatic carbocycles. The average molecular weight is 211 g/mol. The molecule has 4 nitrogen and oxygen atoms in total. The van der Waals surface area contributed by atoms with Gasteiger partial charge >= 0.3 is 0 Å². The Morgan fingerprint density at radius 3 is 3.27 bits per heavy atom. The fourth-order valence-corrected chi connectivity index (χ4v) is 1.57. The van der Waals surface area contributed by atoms with E-state index in [9.17, 15) is 0 Å². The molecule has 1 fully saturated rings. The second-order valence-corrected chi connectivity index (χ2v) is 3.61. The molecule has 1 atom stereocenters. The first kappa shape index (κ1) is 10.7. The third-order valence-corrected chi connectivity index (χ3v) is 2.40. The maximum Gasteiger partial charge on any atom is 0.117 e. The molecule has 1 aliphatic rings. The van der Waals surface area contributed by atoms with Gasteiger partial charge in [0.25, 0.3) is 0 Å². The summed E-state index contributed by atoms with van der Waals surface area (Å²) in [7, 11) is 0. The van der Waals surface area contributed by atoms with Gasteiger partial charge in [0.05, 0.1) is 32.1 Å². The molecule has 1 N–H and O–H groups in total. The van der Waals surface area contributed by atoms with Crippen molar-refractivity contribution in [3.05, 3.63) is 24.2 Å². The van der Waals surface area contributed by atoms with Gasteiger partial charge in [0.15, 0.2) is 0 Å². The summed E-state index contributed by atoms with van der Waals surface area (Å²) in [6.45, 7) is 3.92. The van der Waals surface area contributed by atoms with E-state index in [4.69, 9.17) is 13.9 Å². The van der Waals surface area contributed by atoms with Gasteiger partial charge in [-0.1, -0.05) is 0 Å². The Hall–Kier alpha value is -0.840. The fraction of sp³-hybridized carbons (Fsp3) is 0.636. The molecular weight excluding hydrogens is 194 g/mol. The molecule has 0 radical (unpaired) electrons. The third-order valence-electron chi connectivity index (χ3n) is 2.40. The van der Waals surface area contributed by atoms with Crippen molar-refractivity contribution >= 4 is 0 Å². The molecule has 15 heavy (non-hydrogen) atoms. The zero-order valence-electron chi connectivity index (χ0n) is 8.78. The van der Waals surface area contributed by atoms with E-state index in [1.54, 1.807) is 6.26 Å². The predicted octanol–water partition coefficient (Wildman–Crippen LogP) is 1.17. The highest BCUT2D eigenvalue weighted by Crippen LogP contribution is 2.07. The quantitative estimate of drug-likeness (QED) is 0.717. The molecule has 2 heterocycles. The first-order valence-electron chi connectivity index (χ1n) is 5.37. The Morgan fingerprint density at radius 1 is 1.53 bits per heavy atom. The Bertz CT molecular complexity index is 255. The number of rotatable bonds is 6. The average Bonchev–Trinajstić information content (AvgIpc) is 2.88. The molecule has 0 amide bonds. The highest BCUT2D eigenvalue weighted by molar-refractivity contribution is 4.97. The Balaban J connectivity index is 1.48. The van der Waals surface area contributed by atoms with Crippen molar-refractivity contribution in [3.8, 4) is 0 Å². The Morgan fingerprint density at radius 2 is 2.53 bits per heavy atom. The standard InChI is InChI=1S/C11H17NO3/c1-2-10(14-5-1)8-12-4-7-15-11-3-6-13-9-11/h1-2,5,11-12H,3-4,6-9H2. The molecule has 1 aliphatic heterocycles. The van der Waals surface area contributed by atoms with Crippen molar-refractivity contribution in [2.24, 2.45) is 0 Å². The third kappa shape index (κ3) is 3.66. The van der Waals surface area contributed by atoms with Gasteiger partial charge in [0, 0.05) is 13.2 Å². The van der Waals surface area contributed by atoms with Crippen LogP contribution in [-0.4, -0.2) is 32.5 Å². The van der Waals surface area contributed by atoms with Gasteiger partial charge in [0.2, 0.25) is 0 Å². The minimum absolute atomic E-state index is 0.301. The summed E-state index contributed by atoms with van der Waals surface area (Å²) in [5, 5.41) is 3.25. The predicted molar refractivity (Wildman–Crippen MR) is 55.6 cm³/mol. The first-order valence-corrected chi connectivity index (χ1v) is 5.37. The van der Waals surface area contributed by atoms with Crippen LogP contribution in [0.1, 0.15) is 12.2 Å². The number of hydrogen-bond donors (Lipinski definition) is 1. The van der Waals surface area contributed by atoms with Crippen LogP contribution in [0.25, 0.3) is 0 Å². The van der Waals surface area contributed by atoms with E-state index in [-0.39, 0.29) is 0 Å². The second kappa shape index (κ2) is 5.90. The molecule has 1 aromatic rings. The van der Waals surface area contributed by atoms with E-state index in [0.717, 1.165) is 45.1 Å². The minimum Gasteiger partial charge on any atom is -0.468 e. The zero-order valence-corrected chi connectivity index (χ0v) is 8.78. The van der Waals surface area contributed by atoms with E-state index in [0.29, 0.717) is 6.10 Å². The largest absolute Gasteiger partial charge is 0.468 e. The molecular formula is C11H17NO3. The van der Waals surface area contributed by atoms with Crippen LogP contribution in [0.2, 0.25) is 0 Å². The van der Waals surface area contributed by atoms with Crippen molar-refractivity contribution in [3.63, 3.8) is 0 Å². The first-order chi connectivity index (χ1) is 7.45. The highest BCUT2D eigenvalue weighted by atomic mass is 16.5. The van der Waals surface area contributed by atoms with E-state index >= 15 is 0 Å². The van der Waals surface area contributed by atoms with E-state index in [2.05, 4.69) is 5.32 Å². The highest BCUT2D eigenvalue weighted by Gasteiger charge is 2.15. The van der Waals surface area contributed by atoms with Crippen molar-refractivity contribution in [1.82, 2.24) is 5.32 Å². The van der Waals surface area contributed by atoms with Crippen molar-refractivity contribution in [2.45, 2.75) is 19.1 Å². The lowest BCUT2D eigenvalue weighted by molar-refractivity contribution is 0.0443. The van der Waals surface area contributed by atoms with Crippen LogP contribution in [0, 0.1) is 0 Å². The smallest absolute Gasteiger partial charge is 0.117 e. The molecule has 0 saturated carbocycles. The summed E-state index contributed by atoms with van der Waals surface area (Å²) < 4.78 is 16.0. The van der Waals surface area contributed by atoms with Crippen LogP contribution in [0.4, 0.5) is 0 Å². The normalized spacial score (nSPS) is 20.9. The maximum atomic E-state index is 5.60. The number of hydrogen-bond acceptors (Lipinski definition) is 4. The van der Waals surface area contributed by atoms with Crippen molar-refractivity contribution in [2.75, 3.05) is 26.4 Å². The van der Waals surface area contributed by atoms with Gasteiger partial charge in [-0.15, -0.1) is 0 Å². The summed E-state index contributed by atoms with van der Waals surface area (Å²) in [5.74, 6) is 0.958. The van der Waals surface area contributed by atoms with Gasteiger partial charge in [-0.05, 0) is 18.6 Å². The van der Waals surface area contributed by atoms with Crippen molar-refractivity contribution < 1.29 is 13.9 Å². The minimum atomic E-state index is 0.301. The summed E-state index contributed by atoms with van der Waals surface area (Å²) >= 11 is 0. The number of furan rings is 1. The van der Waals surface area contributed by atoms with Crippen molar-refractivity contribution in [1.29, 1.82) is 0 Å². The van der Waals surface area contributed by atoms with Gasteiger partial charge < -0.3 is 19.2 Å². The number of nitrogens with one attached hydrogen (secondary N) is 1. The SMILES string of the molecule is c1coc(CNCCOC2CCOC2)c1. The fourth-order valence-electron chi connectivity index (χ4n) is 1.57. The summed E-state index contributed by atoms with van der Waals surface area (Å²) in [5.41, 5.74) is 0. The molecule has 1 aromatic heterocycles. The monoisotopic (exact) mass is 211 g/mol. The van der Waals surface area contributed by atoms with Crippen LogP contribution in [0.5, 0.6) is 0 Å². The maximum absolute atomic E-state index is 5.60. The molecule has 2 rings (SSSR count). The van der Waals surface area contributed by atoms with Crippen LogP contribution in [0.3, 0.4) is 0 Å². The summed E-state index contributed by atoms with van der Waals surface area (Å²) in [4.78, 5) is 0. The zero-order chi connectivity index (χ0) is 10.3. The van der Waals surface area contributed by atoms with Gasteiger partial charge in [-0.2, -0.15) is 0 Å². The topological polar surface area (TPSA) is 43.6 Å². The van der Waals surface area contributed by atoms with Crippen LogP contribution < -0.4 is 5.32 Å². The van der Waals surface area contributed by atoms with Crippen LogP contribution >= 0.6 is 0 Å². The van der Waals surface area contributed by atoms with E-state index in [1.807, 2.05) is 12.1 Å². The van der Waals surface area contributed by atoms with Gasteiger partial charge in [0.1, 0.15) is 5.76 Å². The Labute approximate surface area is 89.6 Å². The Kier molecular flexibility index (Phi) is 4.20. The summed E-state index contributed by atoms with van der Waals surface area (Å²) in [6, 6.07) is 3.85. The molecule has 0 aromatic carbocycles. The molecule has 1 saturated heterocycles. The second-order valence-electron chi connectivity index (χ2n) is 3.61. The number of ether oxygens (including phenoxy) is 2. The summed E-state index contributed by atoms with van der Waals surface area (Å²) in [6.07, 6.45) is 3.01. The lowest BCUT2D eigenvalue weighted by Gasteiger charge is -2.09. The molecule has 0 spiro atoms. The van der Waals surface area contributed by atoms with E-state index in [1.165, 1.54) is 0 Å². The lowest BCUT2D eigenvalue weighted by atomic mass is 10.3. The molecule has 1 unspecified atom stereocenters. The van der Waals surface area contributed by atoms with Crippen LogP contribution in [-0.2, 0) is 16.0 Å². The van der Waals surface area contributed by atoms with Crippen LogP contribution in [0.15, 0.2) is 22.8 Å². The molecule has 84 valence electrons. The molecule has 4 heteroatoms. The van der Waals surface area contributed by atoms with E-state index < -0.39 is 0 Å².